The fourth-order valence-electron chi connectivity index (χ4n) is 2.14. The highest BCUT2D eigenvalue weighted by molar-refractivity contribution is 6.07. The summed E-state index contributed by atoms with van der Waals surface area (Å²) < 4.78 is 1.96. The standard InChI is InChI=1S/C16H14N2O/c1-11-8-9-15-17-14(10-18(15)12(11)2)16(19)13-6-4-3-5-7-13/h3-10H,1-2H3. The van der Waals surface area contributed by atoms with Crippen LogP contribution in [-0.4, -0.2) is 15.2 Å². The van der Waals surface area contributed by atoms with Crippen molar-refractivity contribution in [3.63, 3.8) is 0 Å². The third-order valence-corrected chi connectivity index (χ3v) is 3.42. The second-order valence-corrected chi connectivity index (χ2v) is 4.65. The van der Waals surface area contributed by atoms with Crippen molar-refractivity contribution in [2.45, 2.75) is 13.8 Å². The number of imidazole rings is 1. The van der Waals surface area contributed by atoms with Crippen LogP contribution in [0.3, 0.4) is 0 Å². The Morgan fingerprint density at radius 1 is 1.05 bits per heavy atom. The summed E-state index contributed by atoms with van der Waals surface area (Å²) in [6, 6.07) is 13.2. The molecule has 1 aromatic carbocycles. The quantitative estimate of drug-likeness (QED) is 0.655. The molecule has 0 N–H and O–H groups in total. The molecular weight excluding hydrogens is 236 g/mol. The van der Waals surface area contributed by atoms with E-state index in [1.165, 1.54) is 5.56 Å². The van der Waals surface area contributed by atoms with Crippen molar-refractivity contribution >= 4 is 11.4 Å². The monoisotopic (exact) mass is 250 g/mol. The summed E-state index contributed by atoms with van der Waals surface area (Å²) in [5.41, 5.74) is 4.25. The van der Waals surface area contributed by atoms with Gasteiger partial charge in [-0.05, 0) is 25.5 Å². The summed E-state index contributed by atoms with van der Waals surface area (Å²) in [5, 5.41) is 0. The zero-order valence-electron chi connectivity index (χ0n) is 10.9. The van der Waals surface area contributed by atoms with E-state index in [1.807, 2.05) is 66.9 Å². The molecule has 2 aromatic heterocycles. The Morgan fingerprint density at radius 2 is 1.79 bits per heavy atom. The molecule has 0 spiro atoms. The molecule has 0 bridgehead atoms. The van der Waals surface area contributed by atoms with E-state index in [2.05, 4.69) is 4.98 Å². The van der Waals surface area contributed by atoms with Gasteiger partial charge in [0.1, 0.15) is 11.3 Å². The smallest absolute Gasteiger partial charge is 0.212 e. The second kappa shape index (κ2) is 4.35. The summed E-state index contributed by atoms with van der Waals surface area (Å²) in [6.45, 7) is 4.08. The highest BCUT2D eigenvalue weighted by atomic mass is 16.1. The van der Waals surface area contributed by atoms with Gasteiger partial charge in [0.25, 0.3) is 0 Å². The third kappa shape index (κ3) is 1.93. The van der Waals surface area contributed by atoms with Gasteiger partial charge in [-0.15, -0.1) is 0 Å². The van der Waals surface area contributed by atoms with Gasteiger partial charge < -0.3 is 4.40 Å². The van der Waals surface area contributed by atoms with Crippen LogP contribution in [-0.2, 0) is 0 Å². The fourth-order valence-corrected chi connectivity index (χ4v) is 2.14. The van der Waals surface area contributed by atoms with Crippen molar-refractivity contribution in [2.24, 2.45) is 0 Å². The van der Waals surface area contributed by atoms with Gasteiger partial charge in [0, 0.05) is 17.5 Å². The normalized spacial score (nSPS) is 10.8. The summed E-state index contributed by atoms with van der Waals surface area (Å²) >= 11 is 0. The minimum atomic E-state index is -0.0404. The Bertz CT molecular complexity index is 757. The molecular formula is C16H14N2O. The topological polar surface area (TPSA) is 34.4 Å². The molecule has 94 valence electrons. The predicted molar refractivity (Wildman–Crippen MR) is 74.5 cm³/mol. The average molecular weight is 250 g/mol. The van der Waals surface area contributed by atoms with Crippen LogP contribution in [0.1, 0.15) is 27.3 Å². The molecule has 0 saturated heterocycles. The lowest BCUT2D eigenvalue weighted by Gasteiger charge is -2.01. The number of fused-ring (bicyclic) bond motifs is 1. The number of hydrogen-bond acceptors (Lipinski definition) is 2. The number of rotatable bonds is 2. The number of ketones is 1. The van der Waals surface area contributed by atoms with Gasteiger partial charge in [-0.3, -0.25) is 4.79 Å². The van der Waals surface area contributed by atoms with Gasteiger partial charge in [-0.25, -0.2) is 4.98 Å². The predicted octanol–water partition coefficient (Wildman–Crippen LogP) is 3.18. The number of aryl methyl sites for hydroxylation is 2. The first-order chi connectivity index (χ1) is 9.16. The van der Waals surface area contributed by atoms with Gasteiger partial charge in [0.2, 0.25) is 5.78 Å². The largest absolute Gasteiger partial charge is 0.303 e. The van der Waals surface area contributed by atoms with Crippen LogP contribution in [0, 0.1) is 13.8 Å². The van der Waals surface area contributed by atoms with Crippen LogP contribution in [0.5, 0.6) is 0 Å². The molecule has 2 heterocycles. The van der Waals surface area contributed by atoms with E-state index in [0.29, 0.717) is 11.3 Å². The minimum absolute atomic E-state index is 0.0404. The molecule has 3 nitrogen and oxygen atoms in total. The Hall–Kier alpha value is -2.42. The van der Waals surface area contributed by atoms with Gasteiger partial charge >= 0.3 is 0 Å². The van der Waals surface area contributed by atoms with Crippen molar-refractivity contribution in [1.82, 2.24) is 9.38 Å². The van der Waals surface area contributed by atoms with Gasteiger partial charge in [-0.2, -0.15) is 0 Å². The Kier molecular flexibility index (Phi) is 2.67. The molecule has 0 aliphatic heterocycles. The van der Waals surface area contributed by atoms with Crippen molar-refractivity contribution in [3.05, 3.63) is 71.2 Å². The Morgan fingerprint density at radius 3 is 2.53 bits per heavy atom. The number of hydrogen-bond donors (Lipinski definition) is 0. The fraction of sp³-hybridized carbons (Fsp3) is 0.125. The van der Waals surface area contributed by atoms with E-state index < -0.39 is 0 Å². The van der Waals surface area contributed by atoms with Crippen LogP contribution < -0.4 is 0 Å². The first kappa shape index (κ1) is 11.7. The Balaban J connectivity index is 2.12. The number of aromatic nitrogens is 2. The summed E-state index contributed by atoms with van der Waals surface area (Å²) in [6.07, 6.45) is 1.81. The number of nitrogens with zero attached hydrogens (tertiary/aromatic N) is 2. The van der Waals surface area contributed by atoms with Crippen molar-refractivity contribution < 1.29 is 4.79 Å². The van der Waals surface area contributed by atoms with E-state index in [1.54, 1.807) is 0 Å². The summed E-state index contributed by atoms with van der Waals surface area (Å²) in [5.74, 6) is -0.0404. The SMILES string of the molecule is Cc1ccc2nc(C(=O)c3ccccc3)cn2c1C. The molecule has 19 heavy (non-hydrogen) atoms. The van der Waals surface area contributed by atoms with Crippen LogP contribution in [0.25, 0.3) is 5.65 Å². The first-order valence-electron chi connectivity index (χ1n) is 6.22. The zero-order valence-corrected chi connectivity index (χ0v) is 10.9. The van der Waals surface area contributed by atoms with Crippen molar-refractivity contribution in [2.75, 3.05) is 0 Å². The van der Waals surface area contributed by atoms with Crippen LogP contribution in [0.15, 0.2) is 48.7 Å². The van der Waals surface area contributed by atoms with Gasteiger partial charge in [-0.1, -0.05) is 36.4 Å². The molecule has 0 radical (unpaired) electrons. The van der Waals surface area contributed by atoms with Crippen molar-refractivity contribution in [1.29, 1.82) is 0 Å². The molecule has 0 unspecified atom stereocenters. The third-order valence-electron chi connectivity index (χ3n) is 3.42. The highest BCUT2D eigenvalue weighted by Gasteiger charge is 2.13. The van der Waals surface area contributed by atoms with Gasteiger partial charge in [0.15, 0.2) is 0 Å². The average Bonchev–Trinajstić information content (AvgIpc) is 2.88. The lowest BCUT2D eigenvalue weighted by Crippen LogP contribution is -2.00. The maximum Gasteiger partial charge on any atom is 0.212 e. The number of carbonyl (C=O) groups is 1. The maximum atomic E-state index is 12.3. The molecule has 3 rings (SSSR count). The number of pyridine rings is 1. The molecule has 0 aliphatic carbocycles. The van der Waals surface area contributed by atoms with Crippen molar-refractivity contribution in [3.8, 4) is 0 Å². The molecule has 3 heteroatoms. The Labute approximate surface area is 111 Å². The molecule has 0 saturated carbocycles. The second-order valence-electron chi connectivity index (χ2n) is 4.65. The van der Waals surface area contributed by atoms with E-state index in [-0.39, 0.29) is 5.78 Å². The molecule has 0 atom stereocenters. The summed E-state index contributed by atoms with van der Waals surface area (Å²) in [4.78, 5) is 16.7. The van der Waals surface area contributed by atoms with E-state index in [4.69, 9.17) is 0 Å². The summed E-state index contributed by atoms with van der Waals surface area (Å²) in [7, 11) is 0. The molecule has 0 amide bonds. The van der Waals surface area contributed by atoms with E-state index in [0.717, 1.165) is 11.3 Å². The minimum Gasteiger partial charge on any atom is -0.303 e. The first-order valence-corrected chi connectivity index (χ1v) is 6.22. The van der Waals surface area contributed by atoms with Crippen LogP contribution in [0.2, 0.25) is 0 Å². The highest BCUT2D eigenvalue weighted by Crippen LogP contribution is 2.15. The number of carbonyl (C=O) groups excluding carboxylic acids is 1. The van der Waals surface area contributed by atoms with E-state index >= 15 is 0 Å². The molecule has 0 aliphatic rings. The van der Waals surface area contributed by atoms with Crippen LogP contribution in [0.4, 0.5) is 0 Å². The molecule has 3 aromatic rings. The number of benzene rings is 1. The lowest BCUT2D eigenvalue weighted by atomic mass is 10.1. The van der Waals surface area contributed by atoms with Crippen LogP contribution >= 0.6 is 0 Å². The van der Waals surface area contributed by atoms with Gasteiger partial charge in [0.05, 0.1) is 0 Å². The maximum absolute atomic E-state index is 12.3. The van der Waals surface area contributed by atoms with E-state index in [9.17, 15) is 4.79 Å². The molecule has 0 fully saturated rings. The zero-order chi connectivity index (χ0) is 13.4. The lowest BCUT2D eigenvalue weighted by molar-refractivity contribution is 0.103.